The molecule has 2 unspecified atom stereocenters. The molecule has 19 heteroatoms. The number of ether oxygens (including phenoxy) is 8. The third kappa shape index (κ3) is 15.5. The lowest BCUT2D eigenvalue weighted by atomic mass is 10.0. The first kappa shape index (κ1) is 42.0. The van der Waals surface area contributed by atoms with Crippen molar-refractivity contribution < 1.29 is 69.4 Å². The highest BCUT2D eigenvalue weighted by Gasteiger charge is 2.45. The minimum absolute atomic E-state index is 0.0151. The van der Waals surface area contributed by atoms with Crippen LogP contribution in [0.1, 0.15) is 37.6 Å². The van der Waals surface area contributed by atoms with Gasteiger partial charge < -0.3 is 53.1 Å². The van der Waals surface area contributed by atoms with Crippen molar-refractivity contribution in [2.75, 3.05) is 59.3 Å². The number of hydrogen-bond acceptors (Lipinski definition) is 16. The van der Waals surface area contributed by atoms with Gasteiger partial charge in [-0.25, -0.2) is 0 Å². The summed E-state index contributed by atoms with van der Waals surface area (Å²) in [7, 11) is -4.92. The summed E-state index contributed by atoms with van der Waals surface area (Å²) in [4.78, 5) is 48.4. The molecule has 2 aromatic carbocycles. The Labute approximate surface area is 301 Å². The molecular weight excluding hydrogens is 713 g/mol. The van der Waals surface area contributed by atoms with Crippen molar-refractivity contribution in [3.8, 4) is 11.5 Å². The number of hydrogen-bond donors (Lipinski definition) is 2. The van der Waals surface area contributed by atoms with Crippen LogP contribution in [0, 0.1) is 0 Å². The predicted octanol–water partition coefficient (Wildman–Crippen LogP) is 2.32. The highest BCUT2D eigenvalue weighted by Crippen LogP contribution is 2.35. The van der Waals surface area contributed by atoms with Crippen molar-refractivity contribution in [2.45, 2.75) is 51.8 Å². The smallest absolute Gasteiger partial charge is 0.382 e. The molecule has 17 nitrogen and oxygen atoms in total. The Morgan fingerprint density at radius 1 is 0.885 bits per heavy atom. The van der Waals surface area contributed by atoms with Crippen LogP contribution in [0.2, 0.25) is 0 Å². The maximum absolute atomic E-state index is 15.4. The van der Waals surface area contributed by atoms with Gasteiger partial charge in [-0.2, -0.15) is 4.21 Å². The standard InChI is InChI=1S/C33H44FN3O14S/c1-22(38)46-21-30-32(48-24(3)40)29(47-23(2)39)20-31(50-30)49-27-10-9-25(19-28(27)51-52(34,42)37-26-7-5-4-6-8-26)33(41)36-12-14-44-16-18-45-17-15-43-13-11-35/h4-10,19,29-32H,11-18,20-21,35H2,1-3H3,(H,36,41)/t29-,30-,31?,32-,52?/m1/s1. The van der Waals surface area contributed by atoms with Gasteiger partial charge >= 0.3 is 28.3 Å². The van der Waals surface area contributed by atoms with Gasteiger partial charge in [0.05, 0.1) is 51.7 Å². The van der Waals surface area contributed by atoms with Gasteiger partial charge in [-0.05, 0) is 30.3 Å². The van der Waals surface area contributed by atoms with E-state index in [1.165, 1.54) is 24.3 Å². The average molecular weight is 758 g/mol. The Morgan fingerprint density at radius 2 is 1.54 bits per heavy atom. The maximum atomic E-state index is 15.4. The van der Waals surface area contributed by atoms with Crippen molar-refractivity contribution in [3.63, 3.8) is 0 Å². The second kappa shape index (κ2) is 21.8. The minimum atomic E-state index is -4.92. The summed E-state index contributed by atoms with van der Waals surface area (Å²) in [5, 5.41) is 2.65. The van der Waals surface area contributed by atoms with Crippen LogP contribution in [-0.2, 0) is 57.9 Å². The monoisotopic (exact) mass is 757 g/mol. The van der Waals surface area contributed by atoms with Crippen LogP contribution in [-0.4, -0.2) is 112 Å². The Balaban J connectivity index is 1.78. The summed E-state index contributed by atoms with van der Waals surface area (Å²) in [5.74, 6) is -3.43. The summed E-state index contributed by atoms with van der Waals surface area (Å²) in [6, 6.07) is 11.2. The number of nitrogens with zero attached hydrogens (tertiary/aromatic N) is 1. The Kier molecular flexibility index (Phi) is 17.7. The molecule has 1 aliphatic rings. The zero-order valence-corrected chi connectivity index (χ0v) is 29.8. The molecule has 1 saturated heterocycles. The third-order valence-corrected chi connectivity index (χ3v) is 7.53. The van der Waals surface area contributed by atoms with Crippen molar-refractivity contribution >= 4 is 39.9 Å². The van der Waals surface area contributed by atoms with Gasteiger partial charge in [0.1, 0.15) is 18.8 Å². The molecule has 1 aliphatic heterocycles. The SMILES string of the molecule is CC(=O)OC[C@H]1OC(Oc2ccc(C(=O)NCCOCCOCCOCCN)cc2OS(=O)(F)=Nc2ccccc2)C[C@@H](OC(C)=O)[C@H]1OC(C)=O. The summed E-state index contributed by atoms with van der Waals surface area (Å²) >= 11 is 0. The van der Waals surface area contributed by atoms with Gasteiger partial charge in [0.2, 0.25) is 6.29 Å². The lowest BCUT2D eigenvalue weighted by Crippen LogP contribution is -2.54. The fraction of sp³-hybridized carbons (Fsp3) is 0.515. The molecule has 52 heavy (non-hydrogen) atoms. The first-order chi connectivity index (χ1) is 24.9. The molecule has 1 heterocycles. The van der Waals surface area contributed by atoms with E-state index in [0.717, 1.165) is 26.8 Å². The topological polar surface area (TPSA) is 219 Å². The zero-order valence-electron chi connectivity index (χ0n) is 29.0. The van der Waals surface area contributed by atoms with Crippen LogP contribution in [0.25, 0.3) is 0 Å². The van der Waals surface area contributed by atoms with Crippen LogP contribution >= 0.6 is 0 Å². The Morgan fingerprint density at radius 3 is 2.17 bits per heavy atom. The number of benzene rings is 2. The lowest BCUT2D eigenvalue weighted by molar-refractivity contribution is -0.245. The number of nitrogens with two attached hydrogens (primary N) is 1. The number of carbonyl (C=O) groups is 4. The Hall–Kier alpha value is -4.40. The van der Waals surface area contributed by atoms with Crippen molar-refractivity contribution in [1.82, 2.24) is 5.32 Å². The normalized spacial score (nSPS) is 19.4. The van der Waals surface area contributed by atoms with E-state index in [1.807, 2.05) is 0 Å². The predicted molar refractivity (Wildman–Crippen MR) is 180 cm³/mol. The lowest BCUT2D eigenvalue weighted by Gasteiger charge is -2.39. The first-order valence-corrected chi connectivity index (χ1v) is 17.6. The molecule has 0 saturated carbocycles. The molecule has 0 aliphatic carbocycles. The molecule has 5 atom stereocenters. The van der Waals surface area contributed by atoms with E-state index in [2.05, 4.69) is 9.68 Å². The molecular formula is C33H44FN3O14S. The van der Waals surface area contributed by atoms with Crippen LogP contribution in [0.4, 0.5) is 9.57 Å². The largest absolute Gasteiger partial charge is 0.463 e. The molecule has 3 rings (SSSR count). The highest BCUT2D eigenvalue weighted by atomic mass is 32.3. The van der Waals surface area contributed by atoms with Gasteiger partial charge in [0.15, 0.2) is 17.6 Å². The highest BCUT2D eigenvalue weighted by molar-refractivity contribution is 7.84. The van der Waals surface area contributed by atoms with E-state index in [4.69, 9.17) is 47.8 Å². The molecule has 3 N–H and O–H groups in total. The molecule has 288 valence electrons. The van der Waals surface area contributed by atoms with Crippen molar-refractivity contribution in [1.29, 1.82) is 0 Å². The zero-order chi connectivity index (χ0) is 37.9. The number of esters is 3. The van der Waals surface area contributed by atoms with E-state index >= 15 is 3.89 Å². The van der Waals surface area contributed by atoms with E-state index in [-0.39, 0.29) is 43.2 Å². The number of halogens is 1. The second-order valence-corrected chi connectivity index (χ2v) is 12.1. The third-order valence-electron chi connectivity index (χ3n) is 6.72. The molecule has 0 bridgehead atoms. The number of rotatable bonds is 21. The molecule has 2 aromatic rings. The van der Waals surface area contributed by atoms with E-state index in [0.29, 0.717) is 33.0 Å². The summed E-state index contributed by atoms with van der Waals surface area (Å²) in [6.07, 6.45) is -5.01. The maximum Gasteiger partial charge on any atom is 0.382 e. The molecule has 1 fully saturated rings. The van der Waals surface area contributed by atoms with E-state index in [1.54, 1.807) is 18.2 Å². The summed E-state index contributed by atoms with van der Waals surface area (Å²) in [5.41, 5.74) is 5.34. The van der Waals surface area contributed by atoms with Crippen molar-refractivity contribution in [3.05, 3.63) is 54.1 Å². The molecule has 1 amide bonds. The first-order valence-electron chi connectivity index (χ1n) is 16.2. The van der Waals surface area contributed by atoms with Gasteiger partial charge in [0.25, 0.3) is 5.91 Å². The van der Waals surface area contributed by atoms with Gasteiger partial charge in [-0.15, -0.1) is 4.36 Å². The number of amides is 1. The average Bonchev–Trinajstić information content (AvgIpc) is 3.07. The quantitative estimate of drug-likeness (QED) is 0.0808. The van der Waals surface area contributed by atoms with Crippen LogP contribution in [0.15, 0.2) is 52.9 Å². The van der Waals surface area contributed by atoms with Crippen LogP contribution in [0.3, 0.4) is 0 Å². The number of nitrogens with one attached hydrogen (secondary N) is 1. The van der Waals surface area contributed by atoms with Gasteiger partial charge in [0, 0.05) is 39.4 Å². The summed E-state index contributed by atoms with van der Waals surface area (Å²) in [6.45, 7) is 5.56. The fourth-order valence-corrected chi connectivity index (χ4v) is 5.40. The number of carbonyl (C=O) groups excluding carboxylic acids is 4. The van der Waals surface area contributed by atoms with Crippen LogP contribution < -0.4 is 20.0 Å². The minimum Gasteiger partial charge on any atom is -0.463 e. The van der Waals surface area contributed by atoms with E-state index in [9.17, 15) is 23.4 Å². The summed E-state index contributed by atoms with van der Waals surface area (Å²) < 4.78 is 80.8. The van der Waals surface area contributed by atoms with E-state index < -0.39 is 71.2 Å². The second-order valence-electron chi connectivity index (χ2n) is 10.9. The van der Waals surface area contributed by atoms with Crippen molar-refractivity contribution in [2.24, 2.45) is 10.1 Å². The van der Waals surface area contributed by atoms with Gasteiger partial charge in [-0.3, -0.25) is 19.2 Å². The van der Waals surface area contributed by atoms with Crippen LogP contribution in [0.5, 0.6) is 11.5 Å². The molecule has 0 radical (unpaired) electrons. The fourth-order valence-electron chi connectivity index (χ4n) is 4.63. The Bertz CT molecular complexity index is 1590. The molecule has 0 spiro atoms. The molecule has 0 aromatic heterocycles. The van der Waals surface area contributed by atoms with Gasteiger partial charge in [-0.1, -0.05) is 22.1 Å².